The number of anilines is 2. The lowest BCUT2D eigenvalue weighted by molar-refractivity contribution is -0.140. The van der Waals surface area contributed by atoms with Crippen LogP contribution >= 0.6 is 0 Å². The number of aromatic nitrogens is 1. The van der Waals surface area contributed by atoms with Gasteiger partial charge in [-0.1, -0.05) is 18.1 Å². The van der Waals surface area contributed by atoms with Gasteiger partial charge in [-0.25, -0.2) is 0 Å². The van der Waals surface area contributed by atoms with E-state index in [-0.39, 0.29) is 0 Å². The van der Waals surface area contributed by atoms with Crippen LogP contribution in [0.5, 0.6) is 0 Å². The summed E-state index contributed by atoms with van der Waals surface area (Å²) >= 11 is -2.36. The Morgan fingerprint density at radius 1 is 1.10 bits per heavy atom. The average Bonchev–Trinajstić information content (AvgIpc) is 3.20. The maximum atomic E-state index is 13.5. The van der Waals surface area contributed by atoms with E-state index < -0.39 is 24.0 Å². The quantitative estimate of drug-likeness (QED) is 0.273. The zero-order valence-corrected chi connectivity index (χ0v) is 24.1. The van der Waals surface area contributed by atoms with Crippen LogP contribution in [0.3, 0.4) is 0 Å². The highest BCUT2D eigenvalue weighted by atomic mass is 32.2. The number of nitrogens with two attached hydrogens (primary N) is 1. The zero-order valence-electron chi connectivity index (χ0n) is 23.3. The molecule has 0 bridgehead atoms. The molecule has 1 atom stereocenters. The van der Waals surface area contributed by atoms with Gasteiger partial charge in [0.25, 0.3) is 0 Å². The van der Waals surface area contributed by atoms with Crippen LogP contribution in [0.4, 0.5) is 24.5 Å². The summed E-state index contributed by atoms with van der Waals surface area (Å²) in [6.07, 6.45) is -0.0351. The third-order valence-corrected chi connectivity index (χ3v) is 7.17. The predicted molar refractivity (Wildman–Crippen MR) is 156 cm³/mol. The van der Waals surface area contributed by atoms with Crippen LogP contribution in [0.2, 0.25) is 0 Å². The third kappa shape index (κ3) is 9.27. The topological polar surface area (TPSA) is 98.4 Å². The zero-order chi connectivity index (χ0) is 29.4. The van der Waals surface area contributed by atoms with E-state index in [1.807, 2.05) is 37.3 Å². The van der Waals surface area contributed by atoms with Crippen molar-refractivity contribution in [3.63, 3.8) is 0 Å². The number of alkyl halides is 3. The van der Waals surface area contributed by atoms with Crippen molar-refractivity contribution in [2.75, 3.05) is 31.3 Å². The summed E-state index contributed by atoms with van der Waals surface area (Å²) in [6, 6.07) is 14.3. The molecule has 0 amide bonds. The number of hydrogen-bond donors (Lipinski definition) is 3. The van der Waals surface area contributed by atoms with E-state index >= 15 is 0 Å². The van der Waals surface area contributed by atoms with Gasteiger partial charge in [-0.2, -0.15) is 13.2 Å². The number of hydrogen-bond acceptors (Lipinski definition) is 5. The van der Waals surface area contributed by atoms with Crippen LogP contribution in [0.1, 0.15) is 42.5 Å². The van der Waals surface area contributed by atoms with Crippen LogP contribution in [0.15, 0.2) is 42.5 Å². The van der Waals surface area contributed by atoms with E-state index in [4.69, 9.17) is 8.76 Å². The minimum Gasteiger partial charge on any atom is -0.760 e. The van der Waals surface area contributed by atoms with Crippen molar-refractivity contribution in [1.29, 1.82) is 0 Å². The molecule has 0 spiro atoms. The molecule has 4 rings (SSSR count). The van der Waals surface area contributed by atoms with Crippen molar-refractivity contribution < 1.29 is 21.9 Å². The molecule has 1 saturated carbocycles. The molecule has 3 aromatic rings. The number of benzene rings is 2. The Hall–Kier alpha value is -3.04. The Kier molecular flexibility index (Phi) is 11.0. The monoisotopic (exact) mass is 576 g/mol. The van der Waals surface area contributed by atoms with Crippen LogP contribution in [0.25, 0.3) is 10.9 Å². The molecular weight excluding hydrogens is 539 g/mol. The molecule has 11 heteroatoms. The second-order valence-corrected chi connectivity index (χ2v) is 10.8. The van der Waals surface area contributed by atoms with Crippen molar-refractivity contribution in [2.45, 2.75) is 64.3 Å². The Morgan fingerprint density at radius 3 is 2.38 bits per heavy atom. The number of aryl methyl sites for hydroxylation is 2. The molecule has 1 fully saturated rings. The summed E-state index contributed by atoms with van der Waals surface area (Å²) < 4.78 is 59.3. The molecule has 218 valence electrons. The summed E-state index contributed by atoms with van der Waals surface area (Å²) in [7, 11) is 4.23. The summed E-state index contributed by atoms with van der Waals surface area (Å²) in [5.41, 5.74) is 5.11. The first-order chi connectivity index (χ1) is 18.8. The van der Waals surface area contributed by atoms with Crippen LogP contribution in [-0.4, -0.2) is 57.1 Å². The third-order valence-electron chi connectivity index (χ3n) is 7.17. The van der Waals surface area contributed by atoms with Gasteiger partial charge in [0.15, 0.2) is 0 Å². The van der Waals surface area contributed by atoms with E-state index in [1.165, 1.54) is 15.7 Å². The number of nitrogens with zero attached hydrogens (tertiary/aromatic N) is 2. The second kappa shape index (κ2) is 14.0. The largest absolute Gasteiger partial charge is 0.760 e. The van der Waals surface area contributed by atoms with Crippen molar-refractivity contribution in [3.05, 3.63) is 59.3 Å². The van der Waals surface area contributed by atoms with E-state index in [0.717, 1.165) is 42.4 Å². The minimum absolute atomic E-state index is 0.314. The molecule has 1 heterocycles. The van der Waals surface area contributed by atoms with Gasteiger partial charge in [0.05, 0.1) is 17.8 Å². The van der Waals surface area contributed by atoms with E-state index in [2.05, 4.69) is 53.5 Å². The molecule has 1 aliphatic carbocycles. The number of halogens is 3. The minimum atomic E-state index is -4.34. The van der Waals surface area contributed by atoms with Crippen LogP contribution in [0, 0.1) is 25.7 Å². The first-order valence-corrected chi connectivity index (χ1v) is 14.2. The molecule has 7 nitrogen and oxygen atoms in total. The average molecular weight is 577 g/mol. The fourth-order valence-corrected chi connectivity index (χ4v) is 4.95. The normalized spacial score (nSPS) is 17.9. The van der Waals surface area contributed by atoms with Crippen molar-refractivity contribution >= 4 is 33.5 Å². The van der Waals surface area contributed by atoms with Crippen LogP contribution < -0.4 is 15.8 Å². The van der Waals surface area contributed by atoms with Gasteiger partial charge in [0, 0.05) is 40.1 Å². The Labute approximate surface area is 236 Å². The fraction of sp³-hybridized carbons (Fsp3) is 0.448. The maximum Gasteiger partial charge on any atom is 0.406 e. The Balaban J connectivity index is 0.00000103. The molecular formula is C29H37F3N5O2S-. The van der Waals surface area contributed by atoms with Gasteiger partial charge < -0.3 is 24.7 Å². The van der Waals surface area contributed by atoms with Crippen molar-refractivity contribution in [2.24, 2.45) is 5.14 Å². The van der Waals surface area contributed by atoms with Gasteiger partial charge in [-0.3, -0.25) is 9.35 Å². The van der Waals surface area contributed by atoms with Crippen molar-refractivity contribution in [3.8, 4) is 11.8 Å². The van der Waals surface area contributed by atoms with Gasteiger partial charge >= 0.3 is 6.18 Å². The number of rotatable bonds is 6. The van der Waals surface area contributed by atoms with E-state index in [9.17, 15) is 13.2 Å². The van der Waals surface area contributed by atoms with Crippen molar-refractivity contribution in [1.82, 2.24) is 9.47 Å². The Morgan fingerprint density at radius 2 is 1.77 bits per heavy atom. The smallest absolute Gasteiger partial charge is 0.406 e. The highest BCUT2D eigenvalue weighted by molar-refractivity contribution is 7.76. The SMILES string of the molecule is Cc1ccc(NCC#Cc2cc3c(NC4CCC(N(C)C)CC4)cccc3n2CC(F)(F)F)cc1C.NS(=O)[O-]. The predicted octanol–water partition coefficient (Wildman–Crippen LogP) is 5.31. The summed E-state index contributed by atoms with van der Waals surface area (Å²) in [6.45, 7) is 3.37. The molecule has 0 saturated heterocycles. The molecule has 0 aliphatic heterocycles. The molecule has 1 aliphatic rings. The second-order valence-electron chi connectivity index (χ2n) is 10.3. The summed E-state index contributed by atoms with van der Waals surface area (Å²) in [5.74, 6) is 6.00. The maximum absolute atomic E-state index is 13.5. The van der Waals surface area contributed by atoms with E-state index in [1.54, 1.807) is 12.1 Å². The number of nitrogens with one attached hydrogen (secondary N) is 2. The molecule has 1 aromatic heterocycles. The van der Waals surface area contributed by atoms with Gasteiger partial charge in [0.2, 0.25) is 0 Å². The fourth-order valence-electron chi connectivity index (χ4n) is 4.95. The lowest BCUT2D eigenvalue weighted by atomic mass is 9.90. The lowest BCUT2D eigenvalue weighted by Gasteiger charge is -2.33. The van der Waals surface area contributed by atoms with Crippen LogP contribution in [-0.2, 0) is 17.8 Å². The van der Waals surface area contributed by atoms with Gasteiger partial charge in [0.1, 0.15) is 6.54 Å². The summed E-state index contributed by atoms with van der Waals surface area (Å²) in [5, 5.41) is 11.7. The van der Waals surface area contributed by atoms with E-state index in [0.29, 0.717) is 29.8 Å². The summed E-state index contributed by atoms with van der Waals surface area (Å²) in [4.78, 5) is 2.27. The molecule has 2 aromatic carbocycles. The molecule has 4 N–H and O–H groups in total. The standard InChI is InChI=1S/C29H35F3N4.H3NO2S/c1-20-10-11-23(17-21(20)2)33-16-6-7-25-18-26-27(34-22-12-14-24(15-13-22)35(3)4)8-5-9-28(26)36(25)19-29(30,31)32;1-4(2)3/h5,8-11,17-18,22,24,33-34H,12-16,19H2,1-4H3;1H2,(H,2,3)/p-1. The lowest BCUT2D eigenvalue weighted by Crippen LogP contribution is -2.36. The number of fused-ring (bicyclic) bond motifs is 1. The first kappa shape index (κ1) is 31.5. The van der Waals surface area contributed by atoms with Gasteiger partial charge in [-0.15, -0.1) is 0 Å². The highest BCUT2D eigenvalue weighted by Gasteiger charge is 2.30. The Bertz CT molecular complexity index is 1370. The molecule has 0 radical (unpaired) electrons. The first-order valence-electron chi connectivity index (χ1n) is 13.1. The molecule has 40 heavy (non-hydrogen) atoms. The van der Waals surface area contributed by atoms with Gasteiger partial charge in [-0.05, 0) is 101 Å². The highest BCUT2D eigenvalue weighted by Crippen LogP contribution is 2.32. The molecule has 1 unspecified atom stereocenters.